The molecule has 0 heterocycles. The molecular weight excluding hydrogens is 256 g/mol. The fourth-order valence-electron chi connectivity index (χ4n) is 1.42. The highest BCUT2D eigenvalue weighted by Crippen LogP contribution is 2.16. The third kappa shape index (κ3) is 6.64. The summed E-state index contributed by atoms with van der Waals surface area (Å²) in [4.78, 5) is 11.0. The molecule has 0 N–H and O–H groups in total. The van der Waals surface area contributed by atoms with Crippen LogP contribution in [0, 0.1) is 0 Å². The molecule has 0 aliphatic rings. The maximum atomic E-state index is 11.0. The zero-order valence-electron chi connectivity index (χ0n) is 11.9. The minimum atomic E-state index is -0.327. The van der Waals surface area contributed by atoms with Gasteiger partial charge in [-0.3, -0.25) is 0 Å². The molecule has 0 amide bonds. The highest BCUT2D eigenvalue weighted by Gasteiger charge is 1.94. The molecular formula is C16H20O4. The second-order valence-electron chi connectivity index (χ2n) is 3.85. The maximum Gasteiger partial charge on any atom is 0.330 e. The van der Waals surface area contributed by atoms with Crippen LogP contribution in [-0.4, -0.2) is 26.3 Å². The van der Waals surface area contributed by atoms with E-state index in [1.807, 2.05) is 30.3 Å². The first-order valence-electron chi connectivity index (χ1n) is 6.53. The van der Waals surface area contributed by atoms with Gasteiger partial charge in [0.05, 0.1) is 20.3 Å². The zero-order valence-corrected chi connectivity index (χ0v) is 11.9. The fourth-order valence-corrected chi connectivity index (χ4v) is 1.42. The van der Waals surface area contributed by atoms with E-state index in [1.54, 1.807) is 26.2 Å². The highest BCUT2D eigenvalue weighted by molar-refractivity contribution is 5.82. The van der Waals surface area contributed by atoms with Crippen LogP contribution in [0.1, 0.15) is 13.3 Å². The average Bonchev–Trinajstić information content (AvgIpc) is 2.47. The Hall–Kier alpha value is -2.23. The predicted molar refractivity (Wildman–Crippen MR) is 78.0 cm³/mol. The monoisotopic (exact) mass is 276 g/mol. The first-order chi connectivity index (χ1) is 9.76. The fraction of sp³-hybridized carbons (Fsp3) is 0.312. The van der Waals surface area contributed by atoms with Gasteiger partial charge in [-0.25, -0.2) is 4.79 Å². The van der Waals surface area contributed by atoms with Crippen molar-refractivity contribution in [2.45, 2.75) is 13.3 Å². The lowest BCUT2D eigenvalue weighted by Gasteiger charge is -2.05. The number of hydrogen-bond acceptors (Lipinski definition) is 4. The molecule has 0 fully saturated rings. The molecule has 4 nitrogen and oxygen atoms in total. The van der Waals surface area contributed by atoms with Gasteiger partial charge in [-0.05, 0) is 37.6 Å². The average molecular weight is 276 g/mol. The molecule has 0 bridgehead atoms. The van der Waals surface area contributed by atoms with E-state index in [9.17, 15) is 4.79 Å². The number of ether oxygens (including phenoxy) is 3. The number of carbonyl (C=O) groups excluding carboxylic acids is 1. The van der Waals surface area contributed by atoms with Crippen molar-refractivity contribution in [2.75, 3.05) is 20.3 Å². The first-order valence-corrected chi connectivity index (χ1v) is 6.53. The van der Waals surface area contributed by atoms with Crippen LogP contribution in [0.3, 0.4) is 0 Å². The lowest BCUT2D eigenvalue weighted by atomic mass is 10.3. The van der Waals surface area contributed by atoms with Crippen LogP contribution >= 0.6 is 0 Å². The summed E-state index contributed by atoms with van der Waals surface area (Å²) in [5, 5.41) is 0. The molecule has 0 saturated carbocycles. The quantitative estimate of drug-likeness (QED) is 0.317. The van der Waals surface area contributed by atoms with E-state index in [0.717, 1.165) is 17.9 Å². The molecule has 0 saturated heterocycles. The summed E-state index contributed by atoms with van der Waals surface area (Å²) in [5.74, 6) is 1.29. The molecule has 0 unspecified atom stereocenters. The van der Waals surface area contributed by atoms with Gasteiger partial charge in [-0.2, -0.15) is 0 Å². The Morgan fingerprint density at radius 3 is 2.50 bits per heavy atom. The van der Waals surface area contributed by atoms with E-state index >= 15 is 0 Å². The minimum Gasteiger partial charge on any atom is -0.497 e. The first kappa shape index (κ1) is 15.8. The van der Waals surface area contributed by atoms with Crippen LogP contribution in [0.4, 0.5) is 0 Å². The van der Waals surface area contributed by atoms with E-state index in [2.05, 4.69) is 0 Å². The van der Waals surface area contributed by atoms with E-state index in [1.165, 1.54) is 6.08 Å². The molecule has 0 aromatic heterocycles. The van der Waals surface area contributed by atoms with Crippen LogP contribution in [0.25, 0.3) is 0 Å². The van der Waals surface area contributed by atoms with Gasteiger partial charge in [-0.1, -0.05) is 18.2 Å². The summed E-state index contributed by atoms with van der Waals surface area (Å²) < 4.78 is 15.4. The van der Waals surface area contributed by atoms with Crippen molar-refractivity contribution in [3.8, 4) is 11.5 Å². The SMILES string of the molecule is CCOC(=O)/C=C/C=C/CCOc1ccc(OC)cc1. The number of benzene rings is 1. The van der Waals surface area contributed by atoms with Gasteiger partial charge in [-0.15, -0.1) is 0 Å². The van der Waals surface area contributed by atoms with Crippen LogP contribution in [0.2, 0.25) is 0 Å². The molecule has 1 rings (SSSR count). The van der Waals surface area contributed by atoms with Crippen LogP contribution in [0.15, 0.2) is 48.6 Å². The topological polar surface area (TPSA) is 44.8 Å². The molecule has 20 heavy (non-hydrogen) atoms. The van der Waals surface area contributed by atoms with E-state index in [4.69, 9.17) is 14.2 Å². The Bertz CT molecular complexity index is 446. The molecule has 1 aromatic carbocycles. The van der Waals surface area contributed by atoms with Gasteiger partial charge in [0.1, 0.15) is 11.5 Å². The van der Waals surface area contributed by atoms with E-state index in [0.29, 0.717) is 13.2 Å². The number of methoxy groups -OCH3 is 1. The van der Waals surface area contributed by atoms with Crippen molar-refractivity contribution in [1.29, 1.82) is 0 Å². The van der Waals surface area contributed by atoms with Crippen molar-refractivity contribution in [2.24, 2.45) is 0 Å². The number of allylic oxidation sites excluding steroid dienone is 2. The second kappa shape index (κ2) is 9.67. The molecule has 0 aliphatic heterocycles. The third-order valence-electron chi connectivity index (χ3n) is 2.38. The summed E-state index contributed by atoms with van der Waals surface area (Å²) >= 11 is 0. The van der Waals surface area contributed by atoms with Gasteiger partial charge in [0.25, 0.3) is 0 Å². The third-order valence-corrected chi connectivity index (χ3v) is 2.38. The summed E-state index contributed by atoms with van der Waals surface area (Å²) in [6, 6.07) is 7.44. The van der Waals surface area contributed by atoms with Gasteiger partial charge >= 0.3 is 5.97 Å². The summed E-state index contributed by atoms with van der Waals surface area (Å²) in [6.45, 7) is 2.75. The molecule has 0 radical (unpaired) electrons. The lowest BCUT2D eigenvalue weighted by molar-refractivity contribution is -0.137. The zero-order chi connectivity index (χ0) is 14.6. The van der Waals surface area contributed by atoms with Crippen molar-refractivity contribution < 1.29 is 19.0 Å². The molecule has 1 aromatic rings. The van der Waals surface area contributed by atoms with Crippen LogP contribution in [-0.2, 0) is 9.53 Å². The normalized spacial score (nSPS) is 10.9. The Balaban J connectivity index is 2.19. The minimum absolute atomic E-state index is 0.327. The number of esters is 1. The summed E-state index contributed by atoms with van der Waals surface area (Å²) in [6.07, 6.45) is 7.54. The van der Waals surface area contributed by atoms with Crippen molar-refractivity contribution in [1.82, 2.24) is 0 Å². The molecule has 0 aliphatic carbocycles. The maximum absolute atomic E-state index is 11.0. The highest BCUT2D eigenvalue weighted by atomic mass is 16.5. The Morgan fingerprint density at radius 1 is 1.15 bits per heavy atom. The molecule has 0 atom stereocenters. The van der Waals surface area contributed by atoms with Crippen LogP contribution in [0.5, 0.6) is 11.5 Å². The van der Waals surface area contributed by atoms with E-state index in [-0.39, 0.29) is 5.97 Å². The molecule has 0 spiro atoms. The van der Waals surface area contributed by atoms with Crippen molar-refractivity contribution in [3.05, 3.63) is 48.6 Å². The second-order valence-corrected chi connectivity index (χ2v) is 3.85. The van der Waals surface area contributed by atoms with Gasteiger partial charge in [0.15, 0.2) is 0 Å². The van der Waals surface area contributed by atoms with E-state index < -0.39 is 0 Å². The smallest absolute Gasteiger partial charge is 0.330 e. The largest absolute Gasteiger partial charge is 0.497 e. The Labute approximate surface area is 119 Å². The Morgan fingerprint density at radius 2 is 1.85 bits per heavy atom. The summed E-state index contributed by atoms with van der Waals surface area (Å²) in [7, 11) is 1.63. The number of rotatable bonds is 8. The lowest BCUT2D eigenvalue weighted by Crippen LogP contribution is -1.98. The summed E-state index contributed by atoms with van der Waals surface area (Å²) in [5.41, 5.74) is 0. The van der Waals surface area contributed by atoms with Gasteiger partial charge in [0.2, 0.25) is 0 Å². The van der Waals surface area contributed by atoms with Crippen molar-refractivity contribution >= 4 is 5.97 Å². The number of hydrogen-bond donors (Lipinski definition) is 0. The predicted octanol–water partition coefficient (Wildman–Crippen LogP) is 3.14. The van der Waals surface area contributed by atoms with Crippen LogP contribution < -0.4 is 9.47 Å². The number of carbonyl (C=O) groups is 1. The standard InChI is InChI=1S/C16H20O4/c1-3-19-16(17)8-6-4-5-7-13-20-15-11-9-14(18-2)10-12-15/h4-6,8-12H,3,7,13H2,1-2H3/b5-4+,8-6+. The molecule has 4 heteroatoms. The molecule has 108 valence electrons. The van der Waals surface area contributed by atoms with Gasteiger partial charge in [0, 0.05) is 6.08 Å². The van der Waals surface area contributed by atoms with Gasteiger partial charge < -0.3 is 14.2 Å². The Kier molecular flexibility index (Phi) is 7.65. The van der Waals surface area contributed by atoms with Crippen molar-refractivity contribution in [3.63, 3.8) is 0 Å².